The highest BCUT2D eigenvalue weighted by molar-refractivity contribution is 5.14. The fraction of sp³-hybridized carbons (Fsp3) is 0.846. The Morgan fingerprint density at radius 2 is 2.13 bits per heavy atom. The second kappa shape index (κ2) is 4.67. The Bertz CT molecular complexity index is 239. The predicted octanol–water partition coefficient (Wildman–Crippen LogP) is 2.91. The van der Waals surface area contributed by atoms with Crippen LogP contribution >= 0.6 is 0 Å². The summed E-state index contributed by atoms with van der Waals surface area (Å²) < 4.78 is 5.62. The van der Waals surface area contributed by atoms with Crippen LogP contribution in [0.2, 0.25) is 0 Å². The van der Waals surface area contributed by atoms with E-state index in [1.165, 1.54) is 18.4 Å². The highest BCUT2D eigenvalue weighted by Gasteiger charge is 2.23. The normalized spacial score (nSPS) is 20.5. The van der Waals surface area contributed by atoms with Gasteiger partial charge in [0, 0.05) is 0 Å². The SMILES string of the molecule is CC1(C)C=C(CCOC(C)(C)CO)CC1. The summed E-state index contributed by atoms with van der Waals surface area (Å²) in [5, 5.41) is 9.03. The Labute approximate surface area is 93.3 Å². The number of aliphatic hydroxyl groups is 1. The van der Waals surface area contributed by atoms with Crippen molar-refractivity contribution in [1.29, 1.82) is 0 Å². The van der Waals surface area contributed by atoms with Crippen LogP contribution in [0.5, 0.6) is 0 Å². The number of allylic oxidation sites excluding steroid dienone is 1. The average molecular weight is 212 g/mol. The van der Waals surface area contributed by atoms with Gasteiger partial charge in [-0.25, -0.2) is 0 Å². The minimum Gasteiger partial charge on any atom is -0.393 e. The van der Waals surface area contributed by atoms with E-state index in [1.54, 1.807) is 0 Å². The number of hydrogen-bond donors (Lipinski definition) is 1. The Kier molecular flexibility index (Phi) is 3.96. The van der Waals surface area contributed by atoms with Gasteiger partial charge in [0.25, 0.3) is 0 Å². The van der Waals surface area contributed by atoms with Gasteiger partial charge < -0.3 is 9.84 Å². The second-order valence-electron chi connectivity index (χ2n) is 5.81. The van der Waals surface area contributed by atoms with Crippen LogP contribution < -0.4 is 0 Å². The Morgan fingerprint density at radius 3 is 2.60 bits per heavy atom. The van der Waals surface area contributed by atoms with Crippen molar-refractivity contribution >= 4 is 0 Å². The predicted molar refractivity (Wildman–Crippen MR) is 62.8 cm³/mol. The summed E-state index contributed by atoms with van der Waals surface area (Å²) in [6.45, 7) is 9.18. The van der Waals surface area contributed by atoms with Crippen LogP contribution in [-0.4, -0.2) is 23.9 Å². The lowest BCUT2D eigenvalue weighted by Gasteiger charge is -2.22. The molecule has 2 heteroatoms. The molecule has 0 fully saturated rings. The van der Waals surface area contributed by atoms with Gasteiger partial charge in [-0.3, -0.25) is 0 Å². The van der Waals surface area contributed by atoms with E-state index in [0.717, 1.165) is 13.0 Å². The van der Waals surface area contributed by atoms with Crippen molar-refractivity contribution in [3.63, 3.8) is 0 Å². The van der Waals surface area contributed by atoms with E-state index in [-0.39, 0.29) is 6.61 Å². The smallest absolute Gasteiger partial charge is 0.0856 e. The summed E-state index contributed by atoms with van der Waals surface area (Å²) in [6.07, 6.45) is 5.84. The highest BCUT2D eigenvalue weighted by atomic mass is 16.5. The monoisotopic (exact) mass is 212 g/mol. The molecular weight excluding hydrogens is 188 g/mol. The van der Waals surface area contributed by atoms with E-state index in [9.17, 15) is 0 Å². The van der Waals surface area contributed by atoms with Gasteiger partial charge in [0.2, 0.25) is 0 Å². The molecule has 88 valence electrons. The minimum absolute atomic E-state index is 0.0809. The maximum atomic E-state index is 9.03. The third-order valence-corrected chi connectivity index (χ3v) is 2.98. The minimum atomic E-state index is -0.394. The molecule has 0 heterocycles. The lowest BCUT2D eigenvalue weighted by Crippen LogP contribution is -2.29. The molecule has 15 heavy (non-hydrogen) atoms. The Balaban J connectivity index is 2.28. The first-order valence-electron chi connectivity index (χ1n) is 5.80. The molecule has 1 aliphatic rings. The van der Waals surface area contributed by atoms with Crippen LogP contribution in [0.1, 0.15) is 47.0 Å². The molecule has 0 aromatic rings. The molecule has 1 aliphatic carbocycles. The van der Waals surface area contributed by atoms with Crippen molar-refractivity contribution in [2.75, 3.05) is 13.2 Å². The summed E-state index contributed by atoms with van der Waals surface area (Å²) in [4.78, 5) is 0. The van der Waals surface area contributed by atoms with Crippen LogP contribution in [0.25, 0.3) is 0 Å². The van der Waals surface area contributed by atoms with E-state index in [4.69, 9.17) is 9.84 Å². The molecule has 0 saturated heterocycles. The second-order valence-corrected chi connectivity index (χ2v) is 5.81. The molecule has 1 rings (SSSR count). The lowest BCUT2D eigenvalue weighted by molar-refractivity contribution is -0.0522. The highest BCUT2D eigenvalue weighted by Crippen LogP contribution is 2.36. The van der Waals surface area contributed by atoms with Gasteiger partial charge in [0.15, 0.2) is 0 Å². The first-order chi connectivity index (χ1) is 6.85. The first-order valence-corrected chi connectivity index (χ1v) is 5.80. The number of hydrogen-bond acceptors (Lipinski definition) is 2. The Morgan fingerprint density at radius 1 is 1.47 bits per heavy atom. The van der Waals surface area contributed by atoms with Crippen molar-refractivity contribution in [3.8, 4) is 0 Å². The zero-order valence-electron chi connectivity index (χ0n) is 10.5. The summed E-state index contributed by atoms with van der Waals surface area (Å²) >= 11 is 0. The summed E-state index contributed by atoms with van der Waals surface area (Å²) in [5.74, 6) is 0. The molecule has 0 aliphatic heterocycles. The van der Waals surface area contributed by atoms with E-state index in [1.807, 2.05) is 13.8 Å². The fourth-order valence-electron chi connectivity index (χ4n) is 1.88. The van der Waals surface area contributed by atoms with Gasteiger partial charge in [-0.15, -0.1) is 0 Å². The molecule has 2 nitrogen and oxygen atoms in total. The zero-order chi connectivity index (χ0) is 11.5. The van der Waals surface area contributed by atoms with Gasteiger partial charge in [-0.1, -0.05) is 25.5 Å². The van der Waals surface area contributed by atoms with Crippen molar-refractivity contribution in [2.24, 2.45) is 5.41 Å². The largest absolute Gasteiger partial charge is 0.393 e. The molecule has 1 N–H and O–H groups in total. The molecule has 0 unspecified atom stereocenters. The average Bonchev–Trinajstić information content (AvgIpc) is 2.45. The maximum absolute atomic E-state index is 9.03. The van der Waals surface area contributed by atoms with E-state index < -0.39 is 5.60 Å². The molecule has 0 spiro atoms. The quantitative estimate of drug-likeness (QED) is 0.710. The molecule has 0 saturated carbocycles. The standard InChI is InChI=1S/C13H24O2/c1-12(2)7-5-11(9-12)6-8-15-13(3,4)10-14/h9,14H,5-8,10H2,1-4H3. The number of aliphatic hydroxyl groups excluding tert-OH is 1. The Hall–Kier alpha value is -0.340. The topological polar surface area (TPSA) is 29.5 Å². The summed E-state index contributed by atoms with van der Waals surface area (Å²) in [6, 6.07) is 0. The van der Waals surface area contributed by atoms with Crippen LogP contribution in [-0.2, 0) is 4.74 Å². The van der Waals surface area contributed by atoms with Crippen LogP contribution in [0.3, 0.4) is 0 Å². The van der Waals surface area contributed by atoms with E-state index >= 15 is 0 Å². The van der Waals surface area contributed by atoms with E-state index in [2.05, 4.69) is 19.9 Å². The van der Waals surface area contributed by atoms with E-state index in [0.29, 0.717) is 5.41 Å². The third kappa shape index (κ3) is 4.35. The van der Waals surface area contributed by atoms with Gasteiger partial charge >= 0.3 is 0 Å². The summed E-state index contributed by atoms with van der Waals surface area (Å²) in [7, 11) is 0. The molecule has 0 bridgehead atoms. The van der Waals surface area contributed by atoms with Gasteiger partial charge in [0.1, 0.15) is 0 Å². The van der Waals surface area contributed by atoms with Gasteiger partial charge in [-0.2, -0.15) is 0 Å². The maximum Gasteiger partial charge on any atom is 0.0856 e. The molecule has 0 aromatic carbocycles. The van der Waals surface area contributed by atoms with Gasteiger partial charge in [-0.05, 0) is 38.5 Å². The van der Waals surface area contributed by atoms with Crippen molar-refractivity contribution in [1.82, 2.24) is 0 Å². The van der Waals surface area contributed by atoms with Gasteiger partial charge in [0.05, 0.1) is 18.8 Å². The molecule has 0 amide bonds. The summed E-state index contributed by atoms with van der Waals surface area (Å²) in [5.41, 5.74) is 1.49. The number of ether oxygens (including phenoxy) is 1. The molecule has 0 atom stereocenters. The number of rotatable bonds is 5. The molecule has 0 aromatic heterocycles. The third-order valence-electron chi connectivity index (χ3n) is 2.98. The molecular formula is C13H24O2. The van der Waals surface area contributed by atoms with Crippen molar-refractivity contribution in [2.45, 2.75) is 52.6 Å². The fourth-order valence-corrected chi connectivity index (χ4v) is 1.88. The lowest BCUT2D eigenvalue weighted by atomic mass is 9.94. The molecule has 0 radical (unpaired) electrons. The van der Waals surface area contributed by atoms with Crippen molar-refractivity contribution in [3.05, 3.63) is 11.6 Å². The zero-order valence-corrected chi connectivity index (χ0v) is 10.5. The van der Waals surface area contributed by atoms with Crippen molar-refractivity contribution < 1.29 is 9.84 Å². The van der Waals surface area contributed by atoms with Crippen LogP contribution in [0, 0.1) is 5.41 Å². The first kappa shape index (κ1) is 12.7. The van der Waals surface area contributed by atoms with Crippen LogP contribution in [0.15, 0.2) is 11.6 Å². The van der Waals surface area contributed by atoms with Crippen LogP contribution in [0.4, 0.5) is 0 Å².